The first kappa shape index (κ1) is 10.8. The van der Waals surface area contributed by atoms with Gasteiger partial charge in [0.2, 0.25) is 0 Å². The van der Waals surface area contributed by atoms with Crippen LogP contribution < -0.4 is 5.48 Å². The summed E-state index contributed by atoms with van der Waals surface area (Å²) >= 11 is 0. The van der Waals surface area contributed by atoms with Crippen LogP contribution in [0.4, 0.5) is 0 Å². The lowest BCUT2D eigenvalue weighted by molar-refractivity contribution is 0.0876. The number of rotatable bonds is 1. The number of hydroxylamine groups is 1. The van der Waals surface area contributed by atoms with E-state index in [1.807, 2.05) is 0 Å². The second-order valence-corrected chi connectivity index (χ2v) is 6.01. The van der Waals surface area contributed by atoms with Gasteiger partial charge in [-0.15, -0.1) is 0 Å². The molecule has 15 heavy (non-hydrogen) atoms. The van der Waals surface area contributed by atoms with Gasteiger partial charge < -0.3 is 5.21 Å². The summed E-state index contributed by atoms with van der Waals surface area (Å²) in [5, 5.41) is 14.9. The first-order chi connectivity index (χ1) is 7.04. The predicted octanol–water partition coefficient (Wildman–Crippen LogP) is -0.440. The Bertz CT molecular complexity index is 379. The zero-order valence-electron chi connectivity index (χ0n) is 8.55. The normalized spacial score (nSPS) is 31.3. The second kappa shape index (κ2) is 3.73. The Hall–Kier alpha value is -0.660. The Balaban J connectivity index is 2.31. The zero-order chi connectivity index (χ0) is 11.1. The van der Waals surface area contributed by atoms with Crippen LogP contribution >= 0.6 is 0 Å². The predicted molar refractivity (Wildman–Crippen MR) is 55.3 cm³/mol. The first-order valence-electron chi connectivity index (χ1n) is 4.99. The molecular weight excluding hydrogens is 218 g/mol. The molecule has 2 aliphatic rings. The van der Waals surface area contributed by atoms with Crippen LogP contribution in [-0.4, -0.2) is 48.6 Å². The molecule has 86 valence electrons. The lowest BCUT2D eigenvalue weighted by Gasteiger charge is -2.30. The minimum Gasteiger partial charge on any atom is -0.316 e. The molecule has 0 aliphatic carbocycles. The largest absolute Gasteiger partial charge is 0.316 e. The minimum atomic E-state index is -3.34. The van der Waals surface area contributed by atoms with Crippen molar-refractivity contribution in [2.45, 2.75) is 31.3 Å². The molecule has 0 aromatic heterocycles. The van der Waals surface area contributed by atoms with Crippen LogP contribution in [0, 0.1) is 0 Å². The molecule has 0 bridgehead atoms. The van der Waals surface area contributed by atoms with Crippen molar-refractivity contribution in [3.63, 3.8) is 0 Å². The van der Waals surface area contributed by atoms with E-state index in [-0.39, 0.29) is 11.1 Å². The SMILES string of the molecule is CS(=O)(=O)C1=NN2CCCCC2C1NO. The molecule has 0 amide bonds. The van der Waals surface area contributed by atoms with Crippen molar-refractivity contribution >= 4 is 14.9 Å². The average Bonchev–Trinajstić information content (AvgIpc) is 2.55. The van der Waals surface area contributed by atoms with E-state index in [0.29, 0.717) is 0 Å². The Morgan fingerprint density at radius 2 is 2.27 bits per heavy atom. The van der Waals surface area contributed by atoms with Crippen LogP contribution in [0.2, 0.25) is 0 Å². The maximum Gasteiger partial charge on any atom is 0.192 e. The van der Waals surface area contributed by atoms with Crippen LogP contribution in [0.15, 0.2) is 5.10 Å². The monoisotopic (exact) mass is 233 g/mol. The molecule has 2 unspecified atom stereocenters. The molecule has 0 spiro atoms. The lowest BCUT2D eigenvalue weighted by Crippen LogP contribution is -2.48. The fourth-order valence-corrected chi connectivity index (χ4v) is 3.13. The smallest absolute Gasteiger partial charge is 0.192 e. The molecule has 2 aliphatic heterocycles. The van der Waals surface area contributed by atoms with Crippen molar-refractivity contribution in [2.24, 2.45) is 5.10 Å². The number of nitrogens with zero attached hydrogens (tertiary/aromatic N) is 2. The number of hydrogen-bond acceptors (Lipinski definition) is 6. The minimum absolute atomic E-state index is 0.0199. The summed E-state index contributed by atoms with van der Waals surface area (Å²) in [6, 6.07) is -0.589. The van der Waals surface area contributed by atoms with Crippen LogP contribution in [0.5, 0.6) is 0 Å². The Labute approximate surface area is 88.8 Å². The van der Waals surface area contributed by atoms with Crippen molar-refractivity contribution < 1.29 is 13.6 Å². The van der Waals surface area contributed by atoms with E-state index < -0.39 is 15.9 Å². The molecular formula is C8H15N3O3S. The Morgan fingerprint density at radius 3 is 2.87 bits per heavy atom. The first-order valence-corrected chi connectivity index (χ1v) is 6.88. The van der Waals surface area contributed by atoms with Gasteiger partial charge in [0.25, 0.3) is 0 Å². The van der Waals surface area contributed by atoms with Crippen LogP contribution in [0.3, 0.4) is 0 Å². The molecule has 2 N–H and O–H groups in total. The molecule has 2 heterocycles. The van der Waals surface area contributed by atoms with Crippen molar-refractivity contribution in [3.8, 4) is 0 Å². The third-order valence-corrected chi connectivity index (χ3v) is 4.01. The highest BCUT2D eigenvalue weighted by Gasteiger charge is 2.42. The maximum absolute atomic E-state index is 11.4. The topological polar surface area (TPSA) is 82.0 Å². The van der Waals surface area contributed by atoms with Crippen molar-refractivity contribution in [3.05, 3.63) is 0 Å². The van der Waals surface area contributed by atoms with Crippen molar-refractivity contribution in [2.75, 3.05) is 12.8 Å². The van der Waals surface area contributed by atoms with E-state index in [2.05, 4.69) is 10.6 Å². The highest BCUT2D eigenvalue weighted by molar-refractivity contribution is 8.06. The second-order valence-electron chi connectivity index (χ2n) is 4.04. The summed E-state index contributed by atoms with van der Waals surface area (Å²) in [4.78, 5) is 0. The summed E-state index contributed by atoms with van der Waals surface area (Å²) < 4.78 is 22.9. The average molecular weight is 233 g/mol. The molecule has 1 fully saturated rings. The number of sulfone groups is 1. The fourth-order valence-electron chi connectivity index (χ4n) is 2.20. The third-order valence-electron chi connectivity index (χ3n) is 2.92. The van der Waals surface area contributed by atoms with Gasteiger partial charge in [0.15, 0.2) is 14.9 Å². The molecule has 0 radical (unpaired) electrons. The van der Waals surface area contributed by atoms with Gasteiger partial charge in [-0.25, -0.2) is 8.42 Å². The standard InChI is InChI=1S/C8H15N3O3S/c1-15(13,14)8-7(10-12)6-4-2-3-5-11(6)9-8/h6-7,10,12H,2-5H2,1H3. The molecule has 6 nitrogen and oxygen atoms in total. The Kier molecular flexibility index (Phi) is 2.70. The summed E-state index contributed by atoms with van der Waals surface area (Å²) in [5.74, 6) is 0. The highest BCUT2D eigenvalue weighted by atomic mass is 32.2. The van der Waals surface area contributed by atoms with E-state index in [1.165, 1.54) is 0 Å². The number of piperidine rings is 1. The lowest BCUT2D eigenvalue weighted by atomic mass is 9.99. The quantitative estimate of drug-likeness (QED) is 0.600. The number of hydrogen-bond donors (Lipinski definition) is 2. The molecule has 2 rings (SSSR count). The van der Waals surface area contributed by atoms with Gasteiger partial charge in [-0.2, -0.15) is 10.6 Å². The molecule has 0 saturated carbocycles. The fraction of sp³-hybridized carbons (Fsp3) is 0.875. The van der Waals surface area contributed by atoms with E-state index in [0.717, 1.165) is 32.1 Å². The maximum atomic E-state index is 11.4. The number of hydrazone groups is 1. The van der Waals surface area contributed by atoms with Gasteiger partial charge in [-0.05, 0) is 19.3 Å². The number of fused-ring (bicyclic) bond motifs is 1. The molecule has 7 heteroatoms. The summed E-state index contributed by atoms with van der Waals surface area (Å²) in [7, 11) is -3.34. The van der Waals surface area contributed by atoms with Gasteiger partial charge in [0.1, 0.15) is 6.04 Å². The molecule has 2 atom stereocenters. The van der Waals surface area contributed by atoms with Gasteiger partial charge in [-0.3, -0.25) is 5.01 Å². The third kappa shape index (κ3) is 1.86. The molecule has 0 aromatic carbocycles. The Morgan fingerprint density at radius 1 is 1.53 bits per heavy atom. The van der Waals surface area contributed by atoms with Gasteiger partial charge >= 0.3 is 0 Å². The highest BCUT2D eigenvalue weighted by Crippen LogP contribution is 2.27. The van der Waals surface area contributed by atoms with E-state index in [9.17, 15) is 8.42 Å². The van der Waals surface area contributed by atoms with E-state index in [1.54, 1.807) is 5.01 Å². The summed E-state index contributed by atoms with van der Waals surface area (Å²) in [6.07, 6.45) is 4.05. The van der Waals surface area contributed by atoms with Crippen molar-refractivity contribution in [1.29, 1.82) is 0 Å². The van der Waals surface area contributed by atoms with Crippen molar-refractivity contribution in [1.82, 2.24) is 10.5 Å². The van der Waals surface area contributed by atoms with E-state index in [4.69, 9.17) is 5.21 Å². The zero-order valence-corrected chi connectivity index (χ0v) is 9.37. The van der Waals surface area contributed by atoms with E-state index >= 15 is 0 Å². The van der Waals surface area contributed by atoms with Crippen LogP contribution in [-0.2, 0) is 9.84 Å². The van der Waals surface area contributed by atoms with Gasteiger partial charge in [0.05, 0.1) is 6.04 Å². The van der Waals surface area contributed by atoms with Gasteiger partial charge in [0, 0.05) is 12.8 Å². The van der Waals surface area contributed by atoms with Crippen LogP contribution in [0.25, 0.3) is 0 Å². The van der Waals surface area contributed by atoms with Crippen LogP contribution in [0.1, 0.15) is 19.3 Å². The molecule has 1 saturated heterocycles. The molecule has 0 aromatic rings. The summed E-state index contributed by atoms with van der Waals surface area (Å²) in [5.41, 5.74) is 2.07. The number of nitrogens with one attached hydrogen (secondary N) is 1. The van der Waals surface area contributed by atoms with Gasteiger partial charge in [-0.1, -0.05) is 0 Å². The summed E-state index contributed by atoms with van der Waals surface area (Å²) in [6.45, 7) is 0.766.